The highest BCUT2D eigenvalue weighted by Crippen LogP contribution is 2.17. The molecule has 1 unspecified atom stereocenters. The van der Waals surface area contributed by atoms with Gasteiger partial charge < -0.3 is 9.77 Å². The number of oxime groups is 1. The maximum Gasteiger partial charge on any atom is 0.231 e. The Hall–Kier alpha value is -1.83. The van der Waals surface area contributed by atoms with Crippen molar-refractivity contribution in [2.45, 2.75) is 31.5 Å². The minimum atomic E-state index is -0.782. The Bertz CT molecular complexity index is 525. The Balaban J connectivity index is 2.76. The summed E-state index contributed by atoms with van der Waals surface area (Å²) >= 11 is 1.41. The second-order valence-electron chi connectivity index (χ2n) is 4.23. The van der Waals surface area contributed by atoms with Crippen LogP contribution in [0.2, 0.25) is 0 Å². The molecule has 0 saturated carbocycles. The van der Waals surface area contributed by atoms with E-state index < -0.39 is 6.04 Å². The molecular formula is C12H18N4O3S. The van der Waals surface area contributed by atoms with Crippen molar-refractivity contribution in [1.29, 1.82) is 0 Å². The van der Waals surface area contributed by atoms with Crippen LogP contribution in [-0.4, -0.2) is 37.2 Å². The first-order chi connectivity index (χ1) is 9.49. The number of nitro groups is 1. The molecule has 0 bridgehead atoms. The van der Waals surface area contributed by atoms with Crippen molar-refractivity contribution < 1.29 is 10.1 Å². The first-order valence-corrected chi connectivity index (χ1v) is 7.13. The molecule has 0 fully saturated rings. The van der Waals surface area contributed by atoms with Crippen LogP contribution in [0.1, 0.15) is 20.3 Å². The van der Waals surface area contributed by atoms with Crippen LogP contribution in [-0.2, 0) is 7.05 Å². The van der Waals surface area contributed by atoms with Gasteiger partial charge in [-0.2, -0.15) is 0 Å². The van der Waals surface area contributed by atoms with E-state index in [1.54, 1.807) is 12.3 Å². The van der Waals surface area contributed by atoms with Crippen LogP contribution in [0.5, 0.6) is 0 Å². The van der Waals surface area contributed by atoms with Gasteiger partial charge in [0.15, 0.2) is 5.16 Å². The van der Waals surface area contributed by atoms with Gasteiger partial charge in [-0.1, -0.05) is 23.8 Å². The van der Waals surface area contributed by atoms with Gasteiger partial charge in [0.25, 0.3) is 0 Å². The second-order valence-corrected chi connectivity index (χ2v) is 5.18. The molecule has 1 rings (SSSR count). The van der Waals surface area contributed by atoms with Crippen LogP contribution < -0.4 is 0 Å². The standard InChI is InChI=1S/C12H18N4O3S/c1-4-10(9(2)16(18)19)7-11(14-17)8-20-12-13-5-6-15(12)3/h5-7,9,17H,4,8H2,1-3H3/b10-7+,14-11+. The number of allylic oxidation sites excluding steroid dienone is 1. The summed E-state index contributed by atoms with van der Waals surface area (Å²) in [6.07, 6.45) is 5.62. The second kappa shape index (κ2) is 7.68. The zero-order chi connectivity index (χ0) is 15.1. The maximum absolute atomic E-state index is 10.8. The molecular weight excluding hydrogens is 280 g/mol. The Kier molecular flexibility index (Phi) is 6.23. The van der Waals surface area contributed by atoms with Crippen molar-refractivity contribution in [2.24, 2.45) is 12.2 Å². The number of nitrogens with zero attached hydrogens (tertiary/aromatic N) is 4. The van der Waals surface area contributed by atoms with E-state index in [4.69, 9.17) is 5.21 Å². The Morgan fingerprint density at radius 2 is 2.45 bits per heavy atom. The van der Waals surface area contributed by atoms with Gasteiger partial charge in [-0.15, -0.1) is 0 Å². The van der Waals surface area contributed by atoms with Crippen LogP contribution in [0, 0.1) is 10.1 Å². The summed E-state index contributed by atoms with van der Waals surface area (Å²) in [6.45, 7) is 3.36. The van der Waals surface area contributed by atoms with Gasteiger partial charge in [0.1, 0.15) is 0 Å². The lowest BCUT2D eigenvalue weighted by molar-refractivity contribution is -0.507. The summed E-state index contributed by atoms with van der Waals surface area (Å²) in [4.78, 5) is 14.6. The molecule has 1 heterocycles. The number of aryl methyl sites for hydroxylation is 1. The fourth-order valence-corrected chi connectivity index (χ4v) is 2.41. The molecule has 1 aromatic rings. The van der Waals surface area contributed by atoms with E-state index in [9.17, 15) is 10.1 Å². The molecule has 1 atom stereocenters. The third kappa shape index (κ3) is 4.37. The summed E-state index contributed by atoms with van der Waals surface area (Å²) in [5.74, 6) is 0.398. The molecule has 0 spiro atoms. The predicted molar refractivity (Wildman–Crippen MR) is 78.0 cm³/mol. The van der Waals surface area contributed by atoms with Crippen molar-refractivity contribution in [3.05, 3.63) is 34.2 Å². The average Bonchev–Trinajstić information content (AvgIpc) is 2.84. The molecule has 0 aliphatic rings. The van der Waals surface area contributed by atoms with E-state index in [0.717, 1.165) is 5.16 Å². The first kappa shape index (κ1) is 16.2. The molecule has 8 heteroatoms. The number of imidazole rings is 1. The smallest absolute Gasteiger partial charge is 0.231 e. The molecule has 0 amide bonds. The van der Waals surface area contributed by atoms with Crippen LogP contribution in [0.15, 0.2) is 34.4 Å². The van der Waals surface area contributed by atoms with Gasteiger partial charge in [0.05, 0.1) is 5.71 Å². The maximum atomic E-state index is 10.8. The minimum absolute atomic E-state index is 0.351. The highest BCUT2D eigenvalue weighted by atomic mass is 32.2. The molecule has 0 radical (unpaired) electrons. The minimum Gasteiger partial charge on any atom is -0.411 e. The van der Waals surface area contributed by atoms with E-state index in [1.165, 1.54) is 18.7 Å². The van der Waals surface area contributed by atoms with Gasteiger partial charge in [-0.3, -0.25) is 10.1 Å². The summed E-state index contributed by atoms with van der Waals surface area (Å²) in [7, 11) is 1.87. The van der Waals surface area contributed by atoms with Crippen molar-refractivity contribution >= 4 is 17.5 Å². The SMILES string of the molecule is CC/C(=C\C(CSc1nccn1C)=N/O)C(C)[N+](=O)[O-]. The third-order valence-electron chi connectivity index (χ3n) is 2.87. The number of aromatic nitrogens is 2. The molecule has 7 nitrogen and oxygen atoms in total. The van der Waals surface area contributed by atoms with Crippen LogP contribution in [0.4, 0.5) is 0 Å². The molecule has 0 saturated heterocycles. The molecule has 0 aromatic carbocycles. The molecule has 0 aliphatic carbocycles. The lowest BCUT2D eigenvalue weighted by atomic mass is 10.1. The fraction of sp³-hybridized carbons (Fsp3) is 0.500. The van der Waals surface area contributed by atoms with Crippen molar-refractivity contribution in [3.8, 4) is 0 Å². The normalized spacial score (nSPS) is 14.3. The number of thioether (sulfide) groups is 1. The van der Waals surface area contributed by atoms with Gasteiger partial charge in [0, 0.05) is 42.6 Å². The Labute approximate surface area is 121 Å². The van der Waals surface area contributed by atoms with Crippen molar-refractivity contribution in [1.82, 2.24) is 9.55 Å². The third-order valence-corrected chi connectivity index (χ3v) is 3.96. The number of rotatable bonds is 7. The van der Waals surface area contributed by atoms with E-state index in [2.05, 4.69) is 10.1 Å². The molecule has 110 valence electrons. The lowest BCUT2D eigenvalue weighted by Crippen LogP contribution is -2.18. The van der Waals surface area contributed by atoms with Crippen molar-refractivity contribution in [3.63, 3.8) is 0 Å². The Morgan fingerprint density at radius 3 is 2.90 bits per heavy atom. The quantitative estimate of drug-likeness (QED) is 0.274. The number of hydrogen-bond donors (Lipinski definition) is 1. The van der Waals surface area contributed by atoms with E-state index >= 15 is 0 Å². The van der Waals surface area contributed by atoms with Crippen LogP contribution in [0.3, 0.4) is 0 Å². The first-order valence-electron chi connectivity index (χ1n) is 6.14. The van der Waals surface area contributed by atoms with Crippen LogP contribution in [0.25, 0.3) is 0 Å². The molecule has 1 N–H and O–H groups in total. The number of hydrogen-bond acceptors (Lipinski definition) is 6. The highest BCUT2D eigenvalue weighted by Gasteiger charge is 2.18. The van der Waals surface area contributed by atoms with Gasteiger partial charge >= 0.3 is 0 Å². The largest absolute Gasteiger partial charge is 0.411 e. The van der Waals surface area contributed by atoms with E-state index in [-0.39, 0.29) is 4.92 Å². The van der Waals surface area contributed by atoms with Gasteiger partial charge in [-0.05, 0) is 12.5 Å². The van der Waals surface area contributed by atoms with Gasteiger partial charge in [0.2, 0.25) is 6.04 Å². The zero-order valence-corrected chi connectivity index (χ0v) is 12.5. The summed E-state index contributed by atoms with van der Waals surface area (Å²) in [5.41, 5.74) is 1.02. The molecule has 0 aliphatic heterocycles. The molecule has 1 aromatic heterocycles. The van der Waals surface area contributed by atoms with Crippen LogP contribution >= 0.6 is 11.8 Å². The fourth-order valence-electron chi connectivity index (χ4n) is 1.60. The Morgan fingerprint density at radius 1 is 1.75 bits per heavy atom. The van der Waals surface area contributed by atoms with E-state index in [0.29, 0.717) is 23.5 Å². The molecule has 20 heavy (non-hydrogen) atoms. The van der Waals surface area contributed by atoms with Crippen molar-refractivity contribution in [2.75, 3.05) is 5.75 Å². The summed E-state index contributed by atoms with van der Waals surface area (Å²) in [5, 5.41) is 23.8. The lowest BCUT2D eigenvalue weighted by Gasteiger charge is -2.07. The topological polar surface area (TPSA) is 93.5 Å². The predicted octanol–water partition coefficient (Wildman–Crippen LogP) is 2.34. The van der Waals surface area contributed by atoms with Gasteiger partial charge in [-0.25, -0.2) is 4.98 Å². The summed E-state index contributed by atoms with van der Waals surface area (Å²) in [6, 6.07) is -0.782. The average molecular weight is 298 g/mol. The summed E-state index contributed by atoms with van der Waals surface area (Å²) < 4.78 is 1.85. The zero-order valence-electron chi connectivity index (χ0n) is 11.7. The highest BCUT2D eigenvalue weighted by molar-refractivity contribution is 7.99. The van der Waals surface area contributed by atoms with E-state index in [1.807, 2.05) is 24.7 Å². The monoisotopic (exact) mass is 298 g/mol.